The summed E-state index contributed by atoms with van der Waals surface area (Å²) in [4.78, 5) is 25.0. The van der Waals surface area contributed by atoms with E-state index in [0.29, 0.717) is 32.5 Å². The second kappa shape index (κ2) is 8.26. The molecule has 1 saturated heterocycles. The summed E-state index contributed by atoms with van der Waals surface area (Å²) in [6, 6.07) is 9.58. The molecule has 0 unspecified atom stereocenters. The molecule has 2 rings (SSSR count). The summed E-state index contributed by atoms with van der Waals surface area (Å²) in [7, 11) is 0. The number of carbonyl (C=O) groups excluding carboxylic acids is 2. The lowest BCUT2D eigenvalue weighted by Gasteiger charge is -2.31. The van der Waals surface area contributed by atoms with Gasteiger partial charge in [-0.2, -0.15) is 0 Å². The number of carbonyl (C=O) groups is 2. The van der Waals surface area contributed by atoms with Crippen LogP contribution in [0.1, 0.15) is 25.3 Å². The zero-order chi connectivity index (χ0) is 15.8. The Balaban J connectivity index is 1.67. The van der Waals surface area contributed by atoms with Gasteiger partial charge >= 0.3 is 12.2 Å². The maximum Gasteiger partial charge on any atom is 0.409 e. The van der Waals surface area contributed by atoms with Crippen molar-refractivity contribution in [3.05, 3.63) is 35.9 Å². The molecule has 0 aliphatic carbocycles. The van der Waals surface area contributed by atoms with Crippen LogP contribution in [0.15, 0.2) is 30.3 Å². The van der Waals surface area contributed by atoms with Crippen LogP contribution in [0.2, 0.25) is 0 Å². The summed E-state index contributed by atoms with van der Waals surface area (Å²) in [6.45, 7) is 3.59. The molecular formula is C16H22N2O4. The molecule has 1 heterocycles. The minimum Gasteiger partial charge on any atom is -0.450 e. The fourth-order valence-electron chi connectivity index (χ4n) is 2.35. The number of hydrogen-bond donors (Lipinski definition) is 1. The summed E-state index contributed by atoms with van der Waals surface area (Å²) in [5, 5.41) is 2.84. The van der Waals surface area contributed by atoms with Crippen molar-refractivity contribution in [3.63, 3.8) is 0 Å². The van der Waals surface area contributed by atoms with E-state index in [2.05, 4.69) is 5.32 Å². The van der Waals surface area contributed by atoms with E-state index in [0.717, 1.165) is 5.56 Å². The topological polar surface area (TPSA) is 67.9 Å². The first-order chi connectivity index (χ1) is 10.7. The molecule has 6 heteroatoms. The fraction of sp³-hybridized carbons (Fsp3) is 0.500. The van der Waals surface area contributed by atoms with Gasteiger partial charge in [0, 0.05) is 19.1 Å². The van der Waals surface area contributed by atoms with Crippen LogP contribution in [0.4, 0.5) is 9.59 Å². The molecule has 6 nitrogen and oxygen atoms in total. The van der Waals surface area contributed by atoms with Gasteiger partial charge in [0.05, 0.1) is 6.61 Å². The Bertz CT molecular complexity index is 484. The van der Waals surface area contributed by atoms with Gasteiger partial charge < -0.3 is 19.7 Å². The second-order valence-corrected chi connectivity index (χ2v) is 5.17. The Morgan fingerprint density at radius 2 is 1.86 bits per heavy atom. The molecular weight excluding hydrogens is 284 g/mol. The first kappa shape index (κ1) is 16.1. The lowest BCUT2D eigenvalue weighted by atomic mass is 10.1. The second-order valence-electron chi connectivity index (χ2n) is 5.17. The third-order valence-corrected chi connectivity index (χ3v) is 3.56. The molecule has 1 aliphatic heterocycles. The number of amides is 2. The molecule has 1 fully saturated rings. The van der Waals surface area contributed by atoms with E-state index in [9.17, 15) is 9.59 Å². The highest BCUT2D eigenvalue weighted by molar-refractivity contribution is 5.68. The fourth-order valence-corrected chi connectivity index (χ4v) is 2.35. The Morgan fingerprint density at radius 1 is 1.18 bits per heavy atom. The number of piperidine rings is 1. The molecule has 0 aromatic heterocycles. The lowest BCUT2D eigenvalue weighted by Crippen LogP contribution is -2.46. The van der Waals surface area contributed by atoms with Gasteiger partial charge in [-0.1, -0.05) is 30.3 Å². The molecule has 0 saturated carbocycles. The number of hydrogen-bond acceptors (Lipinski definition) is 4. The van der Waals surface area contributed by atoms with Crippen molar-refractivity contribution >= 4 is 12.2 Å². The molecule has 0 bridgehead atoms. The van der Waals surface area contributed by atoms with Crippen LogP contribution in [0, 0.1) is 0 Å². The van der Waals surface area contributed by atoms with Crippen molar-refractivity contribution in [2.45, 2.75) is 32.4 Å². The number of nitrogens with zero attached hydrogens (tertiary/aromatic N) is 1. The van der Waals surface area contributed by atoms with Crippen molar-refractivity contribution in [1.29, 1.82) is 0 Å². The van der Waals surface area contributed by atoms with Gasteiger partial charge in [0.1, 0.15) is 6.61 Å². The van der Waals surface area contributed by atoms with E-state index in [1.54, 1.807) is 11.8 Å². The van der Waals surface area contributed by atoms with Crippen LogP contribution in [0.25, 0.3) is 0 Å². The molecule has 0 atom stereocenters. The lowest BCUT2D eigenvalue weighted by molar-refractivity contribution is 0.0926. The van der Waals surface area contributed by atoms with Gasteiger partial charge in [-0.25, -0.2) is 9.59 Å². The molecule has 1 aromatic carbocycles. The number of rotatable bonds is 4. The van der Waals surface area contributed by atoms with Crippen molar-refractivity contribution in [2.24, 2.45) is 0 Å². The van der Waals surface area contributed by atoms with Crippen LogP contribution in [-0.2, 0) is 16.1 Å². The molecule has 1 aliphatic rings. The van der Waals surface area contributed by atoms with Crippen molar-refractivity contribution in [1.82, 2.24) is 10.2 Å². The largest absolute Gasteiger partial charge is 0.450 e. The van der Waals surface area contributed by atoms with Crippen LogP contribution in [0.3, 0.4) is 0 Å². The Kier molecular flexibility index (Phi) is 6.06. The van der Waals surface area contributed by atoms with Gasteiger partial charge in [0.15, 0.2) is 0 Å². The summed E-state index contributed by atoms with van der Waals surface area (Å²) < 4.78 is 10.1. The number of ether oxygens (including phenoxy) is 2. The van der Waals surface area contributed by atoms with Gasteiger partial charge in [0.25, 0.3) is 0 Å². The first-order valence-corrected chi connectivity index (χ1v) is 7.58. The minimum atomic E-state index is -0.418. The van der Waals surface area contributed by atoms with Gasteiger partial charge in [-0.05, 0) is 25.3 Å². The first-order valence-electron chi connectivity index (χ1n) is 7.58. The zero-order valence-electron chi connectivity index (χ0n) is 12.8. The summed E-state index contributed by atoms with van der Waals surface area (Å²) in [6.07, 6.45) is 0.712. The summed E-state index contributed by atoms with van der Waals surface area (Å²) in [5.74, 6) is 0. The number of benzene rings is 1. The van der Waals surface area contributed by atoms with Crippen molar-refractivity contribution in [3.8, 4) is 0 Å². The van der Waals surface area contributed by atoms with Crippen LogP contribution >= 0.6 is 0 Å². The summed E-state index contributed by atoms with van der Waals surface area (Å²) >= 11 is 0. The highest BCUT2D eigenvalue weighted by Gasteiger charge is 2.24. The Labute approximate surface area is 130 Å². The average Bonchev–Trinajstić information content (AvgIpc) is 2.55. The predicted molar refractivity (Wildman–Crippen MR) is 81.4 cm³/mol. The van der Waals surface area contributed by atoms with E-state index in [1.165, 1.54) is 0 Å². The maximum absolute atomic E-state index is 11.8. The minimum absolute atomic E-state index is 0.0361. The Hall–Kier alpha value is -2.24. The van der Waals surface area contributed by atoms with Crippen LogP contribution in [-0.4, -0.2) is 42.8 Å². The maximum atomic E-state index is 11.8. The zero-order valence-corrected chi connectivity index (χ0v) is 12.8. The highest BCUT2D eigenvalue weighted by Crippen LogP contribution is 2.12. The molecule has 1 aromatic rings. The molecule has 0 spiro atoms. The van der Waals surface area contributed by atoms with Crippen LogP contribution in [0.5, 0.6) is 0 Å². The number of nitrogens with one attached hydrogen (secondary N) is 1. The SMILES string of the molecule is CCOC(=O)N1CCC(NC(=O)OCc2ccccc2)CC1. The van der Waals surface area contributed by atoms with Gasteiger partial charge in [-0.3, -0.25) is 0 Å². The van der Waals surface area contributed by atoms with E-state index in [-0.39, 0.29) is 18.7 Å². The molecule has 22 heavy (non-hydrogen) atoms. The van der Waals surface area contributed by atoms with E-state index >= 15 is 0 Å². The van der Waals surface area contributed by atoms with Gasteiger partial charge in [0.2, 0.25) is 0 Å². The standard InChI is InChI=1S/C16H22N2O4/c1-2-21-16(20)18-10-8-14(9-11-18)17-15(19)22-12-13-6-4-3-5-7-13/h3-7,14H,2,8-12H2,1H3,(H,17,19). The summed E-state index contributed by atoms with van der Waals surface area (Å²) in [5.41, 5.74) is 0.954. The van der Waals surface area contributed by atoms with Crippen molar-refractivity contribution < 1.29 is 19.1 Å². The normalized spacial score (nSPS) is 15.2. The van der Waals surface area contributed by atoms with E-state index < -0.39 is 6.09 Å². The number of alkyl carbamates (subject to hydrolysis) is 1. The van der Waals surface area contributed by atoms with Gasteiger partial charge in [-0.15, -0.1) is 0 Å². The predicted octanol–water partition coefficient (Wildman–Crippen LogP) is 2.53. The van der Waals surface area contributed by atoms with E-state index in [1.807, 2.05) is 30.3 Å². The number of likely N-dealkylation sites (tertiary alicyclic amines) is 1. The van der Waals surface area contributed by atoms with E-state index in [4.69, 9.17) is 9.47 Å². The van der Waals surface area contributed by atoms with Crippen molar-refractivity contribution in [2.75, 3.05) is 19.7 Å². The quantitative estimate of drug-likeness (QED) is 0.928. The van der Waals surface area contributed by atoms with Crippen LogP contribution < -0.4 is 5.32 Å². The Morgan fingerprint density at radius 3 is 2.50 bits per heavy atom. The molecule has 2 amide bonds. The molecule has 1 N–H and O–H groups in total. The molecule has 120 valence electrons. The monoisotopic (exact) mass is 306 g/mol. The average molecular weight is 306 g/mol. The highest BCUT2D eigenvalue weighted by atomic mass is 16.6. The molecule has 0 radical (unpaired) electrons. The smallest absolute Gasteiger partial charge is 0.409 e. The third-order valence-electron chi connectivity index (χ3n) is 3.56. The third kappa shape index (κ3) is 4.95.